The number of aromatic hydroxyl groups is 1. The minimum Gasteiger partial charge on any atom is -0.508 e. The standard InChI is InChI=1S/C21H19N5O3/c1-11-6-7-14(27)12(2)19(11)26-20(22)17(21(23)28)18(25-26)16-9-8-15(29-16)13-5-3-4-10-24-13/h3-10,27H,22H2,1-2H3,(H2,23,28). The van der Waals surface area contributed by atoms with Crippen molar-refractivity contribution < 1.29 is 14.3 Å². The maximum absolute atomic E-state index is 12.2. The van der Waals surface area contributed by atoms with E-state index in [0.29, 0.717) is 28.5 Å². The first-order chi connectivity index (χ1) is 13.9. The number of nitrogens with two attached hydrogens (primary N) is 2. The largest absolute Gasteiger partial charge is 0.508 e. The molecule has 0 aliphatic carbocycles. The Morgan fingerprint density at radius 3 is 2.55 bits per heavy atom. The SMILES string of the molecule is Cc1ccc(O)c(C)c1-n1nc(-c2ccc(-c3ccccn3)o2)c(C(N)=O)c1N. The normalized spacial score (nSPS) is 11.0. The Hall–Kier alpha value is -4.07. The zero-order chi connectivity index (χ0) is 20.7. The molecule has 1 amide bonds. The van der Waals surface area contributed by atoms with Crippen LogP contribution in [-0.4, -0.2) is 25.8 Å². The van der Waals surface area contributed by atoms with E-state index in [-0.39, 0.29) is 22.8 Å². The molecule has 8 heteroatoms. The quantitative estimate of drug-likeness (QED) is 0.491. The lowest BCUT2D eigenvalue weighted by molar-refractivity contribution is 0.100. The lowest BCUT2D eigenvalue weighted by Gasteiger charge is -2.12. The topological polar surface area (TPSA) is 133 Å². The lowest BCUT2D eigenvalue weighted by Crippen LogP contribution is -2.14. The number of nitrogens with zero attached hydrogens (tertiary/aromatic N) is 3. The third-order valence-corrected chi connectivity index (χ3v) is 4.74. The fourth-order valence-corrected chi connectivity index (χ4v) is 3.28. The predicted octanol–water partition coefficient (Wildman–Crippen LogP) is 3.20. The highest BCUT2D eigenvalue weighted by molar-refractivity contribution is 6.03. The zero-order valence-electron chi connectivity index (χ0n) is 15.9. The maximum Gasteiger partial charge on any atom is 0.254 e. The maximum atomic E-state index is 12.2. The Morgan fingerprint density at radius 1 is 1.10 bits per heavy atom. The summed E-state index contributed by atoms with van der Waals surface area (Å²) in [5.41, 5.74) is 14.7. The van der Waals surface area contributed by atoms with Gasteiger partial charge in [0.05, 0.1) is 5.69 Å². The highest BCUT2D eigenvalue weighted by atomic mass is 16.3. The molecule has 0 fully saturated rings. The Kier molecular flexibility index (Phi) is 4.31. The van der Waals surface area contributed by atoms with Gasteiger partial charge < -0.3 is 21.0 Å². The zero-order valence-corrected chi connectivity index (χ0v) is 15.9. The molecular formula is C21H19N5O3. The number of benzene rings is 1. The molecule has 0 atom stereocenters. The van der Waals surface area contributed by atoms with E-state index in [1.807, 2.05) is 19.1 Å². The fourth-order valence-electron chi connectivity index (χ4n) is 3.28. The molecule has 0 spiro atoms. The van der Waals surface area contributed by atoms with E-state index in [1.54, 1.807) is 43.5 Å². The predicted molar refractivity (Wildman–Crippen MR) is 109 cm³/mol. The third-order valence-electron chi connectivity index (χ3n) is 4.74. The van der Waals surface area contributed by atoms with Crippen molar-refractivity contribution in [2.24, 2.45) is 5.73 Å². The van der Waals surface area contributed by atoms with Gasteiger partial charge in [-0.3, -0.25) is 9.78 Å². The Balaban J connectivity index is 1.91. The molecule has 0 saturated heterocycles. The van der Waals surface area contributed by atoms with Crippen LogP contribution < -0.4 is 11.5 Å². The summed E-state index contributed by atoms with van der Waals surface area (Å²) in [6, 6.07) is 12.2. The second-order valence-corrected chi connectivity index (χ2v) is 6.64. The van der Waals surface area contributed by atoms with Crippen molar-refractivity contribution in [3.8, 4) is 34.3 Å². The summed E-state index contributed by atoms with van der Waals surface area (Å²) in [5.74, 6) is 0.294. The van der Waals surface area contributed by atoms with Crippen LogP contribution in [0, 0.1) is 13.8 Å². The molecule has 146 valence electrons. The second-order valence-electron chi connectivity index (χ2n) is 6.64. The minimum atomic E-state index is -0.727. The first-order valence-electron chi connectivity index (χ1n) is 8.88. The van der Waals surface area contributed by atoms with Gasteiger partial charge in [0, 0.05) is 11.8 Å². The smallest absolute Gasteiger partial charge is 0.254 e. The molecule has 0 bridgehead atoms. The molecule has 1 aromatic carbocycles. The molecule has 0 aliphatic rings. The number of furan rings is 1. The van der Waals surface area contributed by atoms with Crippen LogP contribution in [0.15, 0.2) is 53.1 Å². The van der Waals surface area contributed by atoms with Crippen LogP contribution in [0.25, 0.3) is 28.6 Å². The van der Waals surface area contributed by atoms with Gasteiger partial charge in [-0.1, -0.05) is 12.1 Å². The summed E-state index contributed by atoms with van der Waals surface area (Å²) in [5, 5.41) is 14.6. The number of primary amides is 1. The van der Waals surface area contributed by atoms with Gasteiger partial charge in [-0.2, -0.15) is 5.10 Å². The molecule has 0 radical (unpaired) electrons. The number of carbonyl (C=O) groups excluding carboxylic acids is 1. The van der Waals surface area contributed by atoms with Crippen LogP contribution in [-0.2, 0) is 0 Å². The molecule has 8 nitrogen and oxygen atoms in total. The summed E-state index contributed by atoms with van der Waals surface area (Å²) in [4.78, 5) is 16.4. The van der Waals surface area contributed by atoms with Crippen molar-refractivity contribution in [1.82, 2.24) is 14.8 Å². The average molecular weight is 389 g/mol. The van der Waals surface area contributed by atoms with Crippen molar-refractivity contribution in [1.29, 1.82) is 0 Å². The van der Waals surface area contributed by atoms with Gasteiger partial charge in [-0.05, 0) is 49.7 Å². The molecule has 3 heterocycles. The van der Waals surface area contributed by atoms with Gasteiger partial charge in [0.25, 0.3) is 5.91 Å². The number of amides is 1. The summed E-state index contributed by atoms with van der Waals surface area (Å²) in [7, 11) is 0. The third kappa shape index (κ3) is 3.00. The first-order valence-corrected chi connectivity index (χ1v) is 8.88. The number of carbonyl (C=O) groups is 1. The number of hydrogen-bond donors (Lipinski definition) is 3. The van der Waals surface area contributed by atoms with Crippen molar-refractivity contribution in [3.63, 3.8) is 0 Å². The Labute approximate surface area is 166 Å². The van der Waals surface area contributed by atoms with Crippen LogP contribution in [0.3, 0.4) is 0 Å². The van der Waals surface area contributed by atoms with Gasteiger partial charge in [-0.15, -0.1) is 0 Å². The van der Waals surface area contributed by atoms with Crippen LogP contribution in [0.2, 0.25) is 0 Å². The molecule has 4 rings (SSSR count). The molecule has 3 aromatic heterocycles. The first kappa shape index (κ1) is 18.3. The van der Waals surface area contributed by atoms with E-state index in [1.165, 1.54) is 4.68 Å². The Morgan fingerprint density at radius 2 is 1.86 bits per heavy atom. The van der Waals surface area contributed by atoms with E-state index in [0.717, 1.165) is 5.56 Å². The van der Waals surface area contributed by atoms with Gasteiger partial charge in [0.2, 0.25) is 0 Å². The number of aromatic nitrogens is 3. The lowest BCUT2D eigenvalue weighted by atomic mass is 10.1. The van der Waals surface area contributed by atoms with E-state index in [2.05, 4.69) is 10.1 Å². The van der Waals surface area contributed by atoms with Gasteiger partial charge in [0.15, 0.2) is 11.5 Å². The molecule has 0 aliphatic heterocycles. The van der Waals surface area contributed by atoms with Gasteiger partial charge in [-0.25, -0.2) is 4.68 Å². The number of phenolic OH excluding ortho intramolecular Hbond substituents is 1. The van der Waals surface area contributed by atoms with E-state index >= 15 is 0 Å². The highest BCUT2D eigenvalue weighted by Crippen LogP contribution is 2.35. The second kappa shape index (κ2) is 6.83. The minimum absolute atomic E-state index is 0.0501. The number of nitrogen functional groups attached to an aromatic ring is 1. The fraction of sp³-hybridized carbons (Fsp3) is 0.0952. The van der Waals surface area contributed by atoms with Crippen molar-refractivity contribution in [2.75, 3.05) is 5.73 Å². The van der Waals surface area contributed by atoms with Gasteiger partial charge in [0.1, 0.15) is 28.5 Å². The van der Waals surface area contributed by atoms with E-state index < -0.39 is 5.91 Å². The van der Waals surface area contributed by atoms with Crippen molar-refractivity contribution >= 4 is 11.7 Å². The average Bonchev–Trinajstić information content (AvgIpc) is 3.31. The van der Waals surface area contributed by atoms with Crippen molar-refractivity contribution in [2.45, 2.75) is 13.8 Å². The van der Waals surface area contributed by atoms with Crippen molar-refractivity contribution in [3.05, 3.63) is 65.4 Å². The van der Waals surface area contributed by atoms with Crippen LogP contribution in [0.4, 0.5) is 5.82 Å². The summed E-state index contributed by atoms with van der Waals surface area (Å²) in [6.07, 6.45) is 1.66. The molecule has 4 aromatic rings. The molecule has 5 N–H and O–H groups in total. The van der Waals surface area contributed by atoms with Crippen LogP contribution in [0.1, 0.15) is 21.5 Å². The number of anilines is 1. The highest BCUT2D eigenvalue weighted by Gasteiger charge is 2.26. The number of rotatable bonds is 4. The number of phenols is 1. The van der Waals surface area contributed by atoms with Crippen LogP contribution in [0.5, 0.6) is 5.75 Å². The summed E-state index contributed by atoms with van der Waals surface area (Å²) < 4.78 is 7.29. The number of aryl methyl sites for hydroxylation is 1. The molecule has 29 heavy (non-hydrogen) atoms. The van der Waals surface area contributed by atoms with E-state index in [9.17, 15) is 9.90 Å². The van der Waals surface area contributed by atoms with Gasteiger partial charge >= 0.3 is 0 Å². The molecule has 0 saturated carbocycles. The summed E-state index contributed by atoms with van der Waals surface area (Å²) >= 11 is 0. The van der Waals surface area contributed by atoms with E-state index in [4.69, 9.17) is 15.9 Å². The molecular weight excluding hydrogens is 370 g/mol. The van der Waals surface area contributed by atoms with Crippen LogP contribution >= 0.6 is 0 Å². The monoisotopic (exact) mass is 389 g/mol. The number of pyridine rings is 1. The Bertz CT molecular complexity index is 1220. The molecule has 0 unspecified atom stereocenters. The number of hydrogen-bond acceptors (Lipinski definition) is 6. The summed E-state index contributed by atoms with van der Waals surface area (Å²) in [6.45, 7) is 3.60.